The van der Waals surface area contributed by atoms with E-state index in [1.807, 2.05) is 0 Å². The Morgan fingerprint density at radius 1 is 1.30 bits per heavy atom. The third kappa shape index (κ3) is 5.13. The Hall–Kier alpha value is -1.75. The van der Waals surface area contributed by atoms with Crippen LogP contribution in [0.15, 0.2) is 24.3 Å². The third-order valence-electron chi connectivity index (χ3n) is 4.52. The fourth-order valence-electron chi connectivity index (χ4n) is 3.07. The van der Waals surface area contributed by atoms with Gasteiger partial charge in [-0.15, -0.1) is 0 Å². The second-order valence-electron chi connectivity index (χ2n) is 6.45. The van der Waals surface area contributed by atoms with Crippen LogP contribution in [0.3, 0.4) is 0 Å². The number of hydrogen-bond acceptors (Lipinski definition) is 3. The van der Waals surface area contributed by atoms with Crippen LogP contribution in [0.5, 0.6) is 0 Å². The number of benzene rings is 1. The van der Waals surface area contributed by atoms with Crippen LogP contribution in [0.25, 0.3) is 0 Å². The number of ketones is 1. The van der Waals surface area contributed by atoms with E-state index in [-0.39, 0.29) is 30.8 Å². The molecule has 1 saturated carbocycles. The normalized spacial score (nSPS) is 22.4. The minimum Gasteiger partial charge on any atom is -0.396 e. The van der Waals surface area contributed by atoms with E-state index in [1.54, 1.807) is 13.0 Å². The van der Waals surface area contributed by atoms with Gasteiger partial charge in [0.05, 0.1) is 0 Å². The number of nitrogens with one attached hydrogen (secondary N) is 1. The molecule has 0 spiro atoms. The largest absolute Gasteiger partial charge is 0.396 e. The summed E-state index contributed by atoms with van der Waals surface area (Å²) < 4.78 is 13.2. The van der Waals surface area contributed by atoms with E-state index in [2.05, 4.69) is 5.32 Å². The van der Waals surface area contributed by atoms with Crippen molar-refractivity contribution in [2.75, 3.05) is 6.61 Å². The average molecular weight is 321 g/mol. The van der Waals surface area contributed by atoms with Crippen molar-refractivity contribution < 1.29 is 19.1 Å². The maximum atomic E-state index is 13.2. The van der Waals surface area contributed by atoms with Crippen LogP contribution in [0.2, 0.25) is 0 Å². The highest BCUT2D eigenvalue weighted by Crippen LogP contribution is 2.24. The lowest BCUT2D eigenvalue weighted by Crippen LogP contribution is -2.39. The highest BCUT2D eigenvalue weighted by molar-refractivity contribution is 5.99. The molecular weight excluding hydrogens is 297 g/mol. The van der Waals surface area contributed by atoms with E-state index in [0.29, 0.717) is 11.5 Å². The van der Waals surface area contributed by atoms with Crippen LogP contribution in [-0.4, -0.2) is 29.4 Å². The molecule has 4 nitrogen and oxygen atoms in total. The predicted molar refractivity (Wildman–Crippen MR) is 85.5 cm³/mol. The van der Waals surface area contributed by atoms with E-state index < -0.39 is 11.7 Å². The van der Waals surface area contributed by atoms with Gasteiger partial charge in [-0.3, -0.25) is 9.59 Å². The molecular formula is C18H24FNO3. The molecule has 1 unspecified atom stereocenters. The summed E-state index contributed by atoms with van der Waals surface area (Å²) in [6.07, 6.45) is 3.67. The Balaban J connectivity index is 1.81. The molecule has 2 N–H and O–H groups in total. The van der Waals surface area contributed by atoms with Crippen molar-refractivity contribution >= 4 is 11.7 Å². The van der Waals surface area contributed by atoms with Crippen LogP contribution in [0.4, 0.5) is 4.39 Å². The quantitative estimate of drug-likeness (QED) is 0.792. The number of rotatable bonds is 6. The number of carbonyl (C=O) groups excluding carboxylic acids is 2. The van der Waals surface area contributed by atoms with E-state index in [9.17, 15) is 14.0 Å². The zero-order chi connectivity index (χ0) is 16.8. The number of carbonyl (C=O) groups is 2. The maximum absolute atomic E-state index is 13.2. The minimum atomic E-state index is -0.481. The number of halogens is 1. The van der Waals surface area contributed by atoms with Crippen LogP contribution in [0, 0.1) is 17.7 Å². The first-order valence-corrected chi connectivity index (χ1v) is 8.19. The van der Waals surface area contributed by atoms with Crippen molar-refractivity contribution in [2.45, 2.75) is 45.1 Å². The van der Waals surface area contributed by atoms with Crippen LogP contribution >= 0.6 is 0 Å². The molecule has 1 aromatic carbocycles. The van der Waals surface area contributed by atoms with Crippen molar-refractivity contribution in [3.63, 3.8) is 0 Å². The van der Waals surface area contributed by atoms with Crippen molar-refractivity contribution in [1.82, 2.24) is 5.32 Å². The van der Waals surface area contributed by atoms with Gasteiger partial charge in [0.1, 0.15) is 5.82 Å². The van der Waals surface area contributed by atoms with Crippen molar-refractivity contribution in [3.8, 4) is 0 Å². The molecule has 0 saturated heterocycles. The number of amides is 1. The van der Waals surface area contributed by atoms with Gasteiger partial charge in [-0.2, -0.15) is 0 Å². The van der Waals surface area contributed by atoms with Gasteiger partial charge in [-0.25, -0.2) is 4.39 Å². The van der Waals surface area contributed by atoms with Gasteiger partial charge >= 0.3 is 0 Å². The summed E-state index contributed by atoms with van der Waals surface area (Å²) in [6.45, 7) is 1.90. The molecule has 0 aliphatic heterocycles. The Morgan fingerprint density at radius 2 is 2.00 bits per heavy atom. The van der Waals surface area contributed by atoms with E-state index in [4.69, 9.17) is 5.11 Å². The van der Waals surface area contributed by atoms with E-state index in [1.165, 1.54) is 18.2 Å². The summed E-state index contributed by atoms with van der Waals surface area (Å²) in [6, 6.07) is 5.68. The van der Waals surface area contributed by atoms with E-state index >= 15 is 0 Å². The van der Waals surface area contributed by atoms with Crippen LogP contribution < -0.4 is 5.32 Å². The second-order valence-corrected chi connectivity index (χ2v) is 6.45. The number of hydrogen-bond donors (Lipinski definition) is 2. The van der Waals surface area contributed by atoms with Crippen molar-refractivity contribution in [2.24, 2.45) is 11.8 Å². The second kappa shape index (κ2) is 8.20. The summed E-state index contributed by atoms with van der Waals surface area (Å²) >= 11 is 0. The number of Topliss-reactive ketones (excluding diaryl/α,β-unsaturated/α-hetero) is 1. The first kappa shape index (κ1) is 17.6. The molecule has 0 aromatic heterocycles. The van der Waals surface area contributed by atoms with Gasteiger partial charge in [0.25, 0.3) is 0 Å². The smallest absolute Gasteiger partial charge is 0.220 e. The molecule has 1 fully saturated rings. The Bertz CT molecular complexity index is 553. The molecule has 1 aliphatic carbocycles. The molecule has 1 aromatic rings. The van der Waals surface area contributed by atoms with Crippen LogP contribution in [0.1, 0.15) is 49.4 Å². The van der Waals surface area contributed by atoms with Gasteiger partial charge in [0.15, 0.2) is 5.78 Å². The highest BCUT2D eigenvalue weighted by atomic mass is 19.1. The predicted octanol–water partition coefficient (Wildman–Crippen LogP) is 2.70. The molecule has 126 valence electrons. The summed E-state index contributed by atoms with van der Waals surface area (Å²) in [5.41, 5.74) is 0.300. The molecule has 23 heavy (non-hydrogen) atoms. The average Bonchev–Trinajstić information content (AvgIpc) is 2.54. The van der Waals surface area contributed by atoms with Gasteiger partial charge < -0.3 is 10.4 Å². The maximum Gasteiger partial charge on any atom is 0.220 e. The zero-order valence-electron chi connectivity index (χ0n) is 13.4. The molecule has 2 rings (SSSR count). The third-order valence-corrected chi connectivity index (χ3v) is 4.52. The van der Waals surface area contributed by atoms with Gasteiger partial charge in [0.2, 0.25) is 5.91 Å². The summed E-state index contributed by atoms with van der Waals surface area (Å²) in [7, 11) is 0. The summed E-state index contributed by atoms with van der Waals surface area (Å²) in [5, 5.41) is 12.1. The lowest BCUT2D eigenvalue weighted by molar-refractivity contribution is -0.122. The van der Waals surface area contributed by atoms with Crippen molar-refractivity contribution in [1.29, 1.82) is 0 Å². The Kier molecular flexibility index (Phi) is 6.28. The lowest BCUT2D eigenvalue weighted by atomic mass is 9.86. The molecule has 1 aliphatic rings. The lowest BCUT2D eigenvalue weighted by Gasteiger charge is -2.28. The molecule has 1 atom stereocenters. The zero-order valence-corrected chi connectivity index (χ0v) is 13.4. The van der Waals surface area contributed by atoms with Crippen molar-refractivity contribution in [3.05, 3.63) is 35.6 Å². The number of aliphatic hydroxyl groups is 1. The summed E-state index contributed by atoms with van der Waals surface area (Å²) in [5.74, 6) is -0.950. The highest BCUT2D eigenvalue weighted by Gasteiger charge is 2.24. The SMILES string of the molecule is CC(CC(=O)NC1CCC(CO)CC1)C(=O)c1cccc(F)c1. The molecule has 5 heteroatoms. The summed E-state index contributed by atoms with van der Waals surface area (Å²) in [4.78, 5) is 24.3. The van der Waals surface area contributed by atoms with Crippen LogP contribution in [-0.2, 0) is 4.79 Å². The standard InChI is InChI=1S/C18H24FNO3/c1-12(18(23)14-3-2-4-15(19)10-14)9-17(22)20-16-7-5-13(11-21)6-8-16/h2-4,10,12-13,16,21H,5-9,11H2,1H3,(H,20,22). The first-order chi connectivity index (χ1) is 11.0. The minimum absolute atomic E-state index is 0.106. The molecule has 0 radical (unpaired) electrons. The number of aliphatic hydroxyl groups excluding tert-OH is 1. The molecule has 1 amide bonds. The Morgan fingerprint density at radius 3 is 2.61 bits per heavy atom. The van der Waals surface area contributed by atoms with Gasteiger partial charge in [-0.1, -0.05) is 19.1 Å². The molecule has 0 heterocycles. The van der Waals surface area contributed by atoms with Gasteiger partial charge in [-0.05, 0) is 43.7 Å². The topological polar surface area (TPSA) is 66.4 Å². The monoisotopic (exact) mass is 321 g/mol. The first-order valence-electron chi connectivity index (χ1n) is 8.19. The Labute approximate surface area is 136 Å². The van der Waals surface area contributed by atoms with Gasteiger partial charge in [0, 0.05) is 30.6 Å². The molecule has 0 bridgehead atoms. The fourth-order valence-corrected chi connectivity index (χ4v) is 3.07. The fraction of sp³-hybridized carbons (Fsp3) is 0.556. The van der Waals surface area contributed by atoms with E-state index in [0.717, 1.165) is 25.7 Å².